The molecule has 1 heterocycles. The number of hydrogen-bond donors (Lipinski definition) is 1. The summed E-state index contributed by atoms with van der Waals surface area (Å²) in [7, 11) is 0. The third-order valence-corrected chi connectivity index (χ3v) is 3.48. The molecule has 0 bridgehead atoms. The minimum Gasteiger partial charge on any atom is -0.306 e. The lowest BCUT2D eigenvalue weighted by molar-refractivity contribution is 0.624. The predicted octanol–water partition coefficient (Wildman–Crippen LogP) is 3.25. The number of nitrogens with zero attached hydrogens (tertiary/aromatic N) is 2. The number of aryl methyl sites for hydroxylation is 1. The Bertz CT molecular complexity index is 514. The molecule has 0 spiro atoms. The first-order valence-corrected chi connectivity index (χ1v) is 6.76. The summed E-state index contributed by atoms with van der Waals surface area (Å²) in [4.78, 5) is 8.19. The van der Waals surface area contributed by atoms with E-state index >= 15 is 0 Å². The van der Waals surface area contributed by atoms with Crippen molar-refractivity contribution in [3.05, 3.63) is 58.1 Å². The van der Waals surface area contributed by atoms with Crippen molar-refractivity contribution in [2.75, 3.05) is 6.54 Å². The van der Waals surface area contributed by atoms with Crippen LogP contribution >= 0.6 is 15.9 Å². The van der Waals surface area contributed by atoms with Crippen molar-refractivity contribution in [2.45, 2.75) is 19.9 Å². The molecule has 94 valence electrons. The first-order valence-electron chi connectivity index (χ1n) is 5.96. The zero-order chi connectivity index (χ0) is 13.0. The highest BCUT2D eigenvalue weighted by atomic mass is 79.9. The molecule has 1 unspecified atom stereocenters. The minimum absolute atomic E-state index is 0.117. The second kappa shape index (κ2) is 6.07. The van der Waals surface area contributed by atoms with Crippen molar-refractivity contribution in [1.82, 2.24) is 15.3 Å². The van der Waals surface area contributed by atoms with Gasteiger partial charge in [-0.25, -0.2) is 9.97 Å². The molecule has 0 fully saturated rings. The van der Waals surface area contributed by atoms with Gasteiger partial charge in [0, 0.05) is 22.4 Å². The van der Waals surface area contributed by atoms with Crippen LogP contribution in [0.15, 0.2) is 41.4 Å². The van der Waals surface area contributed by atoms with E-state index in [1.165, 1.54) is 11.1 Å². The van der Waals surface area contributed by atoms with E-state index in [2.05, 4.69) is 63.3 Å². The van der Waals surface area contributed by atoms with Crippen molar-refractivity contribution in [3.8, 4) is 0 Å². The van der Waals surface area contributed by atoms with Crippen LogP contribution in [0.2, 0.25) is 0 Å². The van der Waals surface area contributed by atoms with Gasteiger partial charge in [0.2, 0.25) is 0 Å². The van der Waals surface area contributed by atoms with Gasteiger partial charge in [0.05, 0.1) is 6.04 Å². The first kappa shape index (κ1) is 13.2. The zero-order valence-corrected chi connectivity index (χ0v) is 12.1. The van der Waals surface area contributed by atoms with Crippen LogP contribution in [0.5, 0.6) is 0 Å². The van der Waals surface area contributed by atoms with E-state index in [0.29, 0.717) is 0 Å². The lowest BCUT2D eigenvalue weighted by Crippen LogP contribution is -2.22. The monoisotopic (exact) mass is 305 g/mol. The van der Waals surface area contributed by atoms with E-state index in [4.69, 9.17) is 0 Å². The van der Waals surface area contributed by atoms with Crippen molar-refractivity contribution >= 4 is 15.9 Å². The summed E-state index contributed by atoms with van der Waals surface area (Å²) < 4.78 is 1.11. The van der Waals surface area contributed by atoms with Gasteiger partial charge in [0.25, 0.3) is 0 Å². The number of aromatic nitrogens is 2. The topological polar surface area (TPSA) is 37.8 Å². The summed E-state index contributed by atoms with van der Waals surface area (Å²) in [6.07, 6.45) is 5.26. The van der Waals surface area contributed by atoms with Crippen molar-refractivity contribution in [3.63, 3.8) is 0 Å². The number of hydrogen-bond acceptors (Lipinski definition) is 3. The largest absolute Gasteiger partial charge is 0.306 e. The van der Waals surface area contributed by atoms with Crippen LogP contribution in [0, 0.1) is 6.92 Å². The lowest BCUT2D eigenvalue weighted by Gasteiger charge is -2.19. The van der Waals surface area contributed by atoms with Gasteiger partial charge in [0.1, 0.15) is 6.33 Å². The van der Waals surface area contributed by atoms with E-state index in [9.17, 15) is 0 Å². The Morgan fingerprint density at radius 3 is 2.61 bits per heavy atom. The SMILES string of the molecule is CCNC(c1cncnc1)c1ccc(C)cc1Br. The Morgan fingerprint density at radius 1 is 1.28 bits per heavy atom. The normalized spacial score (nSPS) is 12.4. The molecule has 18 heavy (non-hydrogen) atoms. The summed E-state index contributed by atoms with van der Waals surface area (Å²) in [5, 5.41) is 3.47. The van der Waals surface area contributed by atoms with E-state index < -0.39 is 0 Å². The van der Waals surface area contributed by atoms with Gasteiger partial charge in [-0.05, 0) is 30.7 Å². The van der Waals surface area contributed by atoms with Gasteiger partial charge < -0.3 is 5.32 Å². The van der Waals surface area contributed by atoms with Crippen LogP contribution in [0.4, 0.5) is 0 Å². The molecule has 1 aromatic heterocycles. The molecular weight excluding hydrogens is 290 g/mol. The van der Waals surface area contributed by atoms with Gasteiger partial charge in [-0.2, -0.15) is 0 Å². The van der Waals surface area contributed by atoms with Gasteiger partial charge in [-0.3, -0.25) is 0 Å². The van der Waals surface area contributed by atoms with Gasteiger partial charge in [-0.15, -0.1) is 0 Å². The van der Waals surface area contributed by atoms with Crippen LogP contribution in [0.25, 0.3) is 0 Å². The molecular formula is C14H16BrN3. The second-order valence-corrected chi connectivity index (χ2v) is 5.04. The van der Waals surface area contributed by atoms with Crippen LogP contribution < -0.4 is 5.32 Å². The number of rotatable bonds is 4. The molecule has 2 aromatic rings. The third kappa shape index (κ3) is 2.94. The fourth-order valence-electron chi connectivity index (χ4n) is 1.94. The zero-order valence-electron chi connectivity index (χ0n) is 10.5. The summed E-state index contributed by atoms with van der Waals surface area (Å²) in [5.41, 5.74) is 3.52. The molecule has 0 amide bonds. The Hall–Kier alpha value is -1.26. The molecule has 1 aromatic carbocycles. The number of nitrogens with one attached hydrogen (secondary N) is 1. The average molecular weight is 306 g/mol. The molecule has 0 aliphatic rings. The highest BCUT2D eigenvalue weighted by molar-refractivity contribution is 9.10. The van der Waals surface area contributed by atoms with Crippen LogP contribution in [0.3, 0.4) is 0 Å². The fraction of sp³-hybridized carbons (Fsp3) is 0.286. The Balaban J connectivity index is 2.41. The van der Waals surface area contributed by atoms with Crippen molar-refractivity contribution in [1.29, 1.82) is 0 Å². The molecule has 0 aliphatic carbocycles. The summed E-state index contributed by atoms with van der Waals surface area (Å²) >= 11 is 3.63. The molecule has 4 heteroatoms. The molecule has 3 nitrogen and oxygen atoms in total. The van der Waals surface area contributed by atoms with E-state index in [1.807, 2.05) is 12.4 Å². The van der Waals surface area contributed by atoms with Crippen molar-refractivity contribution in [2.24, 2.45) is 0 Å². The fourth-order valence-corrected chi connectivity index (χ4v) is 2.66. The summed E-state index contributed by atoms with van der Waals surface area (Å²) in [5.74, 6) is 0. The highest BCUT2D eigenvalue weighted by Gasteiger charge is 2.16. The van der Waals surface area contributed by atoms with Crippen LogP contribution in [0.1, 0.15) is 29.7 Å². The molecule has 0 saturated carbocycles. The molecule has 0 aliphatic heterocycles. The number of halogens is 1. The Morgan fingerprint density at radius 2 is 2.00 bits per heavy atom. The highest BCUT2D eigenvalue weighted by Crippen LogP contribution is 2.28. The van der Waals surface area contributed by atoms with E-state index in [1.54, 1.807) is 6.33 Å². The van der Waals surface area contributed by atoms with Gasteiger partial charge in [-0.1, -0.05) is 35.0 Å². The van der Waals surface area contributed by atoms with Gasteiger partial charge in [0.15, 0.2) is 0 Å². The first-order chi connectivity index (χ1) is 8.72. The average Bonchev–Trinajstić information content (AvgIpc) is 2.38. The van der Waals surface area contributed by atoms with Crippen molar-refractivity contribution < 1.29 is 0 Å². The molecule has 0 saturated heterocycles. The maximum Gasteiger partial charge on any atom is 0.115 e. The molecule has 1 N–H and O–H groups in total. The summed E-state index contributed by atoms with van der Waals surface area (Å²) in [6.45, 7) is 5.07. The number of benzene rings is 1. The maximum atomic E-state index is 4.09. The minimum atomic E-state index is 0.117. The maximum absolute atomic E-state index is 4.09. The lowest BCUT2D eigenvalue weighted by atomic mass is 10.00. The summed E-state index contributed by atoms with van der Waals surface area (Å²) in [6, 6.07) is 6.50. The standard InChI is InChI=1S/C14H16BrN3/c1-3-18-14(11-7-16-9-17-8-11)12-5-4-10(2)6-13(12)15/h4-9,14,18H,3H2,1-2H3. The van der Waals surface area contributed by atoms with E-state index in [0.717, 1.165) is 16.6 Å². The smallest absolute Gasteiger partial charge is 0.115 e. The van der Waals surface area contributed by atoms with Gasteiger partial charge >= 0.3 is 0 Å². The third-order valence-electron chi connectivity index (χ3n) is 2.79. The Labute approximate surface area is 116 Å². The Kier molecular flexibility index (Phi) is 4.44. The molecule has 0 radical (unpaired) electrons. The van der Waals surface area contributed by atoms with Crippen LogP contribution in [-0.4, -0.2) is 16.5 Å². The van der Waals surface area contributed by atoms with Crippen LogP contribution in [-0.2, 0) is 0 Å². The second-order valence-electron chi connectivity index (χ2n) is 4.19. The van der Waals surface area contributed by atoms with E-state index in [-0.39, 0.29) is 6.04 Å². The molecule has 2 rings (SSSR count). The predicted molar refractivity (Wildman–Crippen MR) is 76.4 cm³/mol. The quantitative estimate of drug-likeness (QED) is 0.942. The molecule has 1 atom stereocenters.